The average Bonchev–Trinajstić information content (AvgIpc) is 2.93. The molecule has 8 heteroatoms. The van der Waals surface area contributed by atoms with Crippen molar-refractivity contribution in [3.05, 3.63) is 59.2 Å². The molecule has 204 valence electrons. The first-order chi connectivity index (χ1) is 18.4. The van der Waals surface area contributed by atoms with Crippen LogP contribution in [0.4, 0.5) is 0 Å². The van der Waals surface area contributed by atoms with E-state index in [-0.39, 0.29) is 11.8 Å². The molecule has 0 spiro atoms. The molecule has 4 rings (SSSR count). The number of benzene rings is 2. The number of carboxylic acids is 1. The molecule has 1 aromatic heterocycles. The van der Waals surface area contributed by atoms with Crippen LogP contribution in [0.25, 0.3) is 10.9 Å². The average molecular weight is 557 g/mol. The predicted molar refractivity (Wildman–Crippen MR) is 155 cm³/mol. The van der Waals surface area contributed by atoms with E-state index in [1.54, 1.807) is 20.4 Å². The summed E-state index contributed by atoms with van der Waals surface area (Å²) >= 11 is 8.43. The van der Waals surface area contributed by atoms with E-state index in [1.807, 2.05) is 42.1 Å². The fourth-order valence-electron chi connectivity index (χ4n) is 5.46. The van der Waals surface area contributed by atoms with E-state index in [9.17, 15) is 9.90 Å². The number of nitrogens with zero attached hydrogens (tertiary/aromatic N) is 2. The molecule has 38 heavy (non-hydrogen) atoms. The number of hydrogen-bond donors (Lipinski definition) is 1. The summed E-state index contributed by atoms with van der Waals surface area (Å²) in [5.74, 6) is 2.02. The maximum absolute atomic E-state index is 11.8. The fraction of sp³-hybridized carbons (Fsp3) is 0.467. The van der Waals surface area contributed by atoms with Crippen molar-refractivity contribution < 1.29 is 19.4 Å². The third kappa shape index (κ3) is 7.55. The number of aliphatic carboxylic acids is 1. The molecule has 2 heterocycles. The lowest BCUT2D eigenvalue weighted by atomic mass is 9.72. The first kappa shape index (κ1) is 28.5. The Kier molecular flexibility index (Phi) is 10.2. The van der Waals surface area contributed by atoms with Gasteiger partial charge in [-0.05, 0) is 117 Å². The Balaban J connectivity index is 1.29. The van der Waals surface area contributed by atoms with Crippen molar-refractivity contribution in [3.8, 4) is 11.5 Å². The second kappa shape index (κ2) is 13.5. The van der Waals surface area contributed by atoms with Gasteiger partial charge in [0.05, 0.1) is 31.2 Å². The zero-order chi connectivity index (χ0) is 27.0. The van der Waals surface area contributed by atoms with Crippen molar-refractivity contribution in [2.24, 2.45) is 5.41 Å². The largest absolute Gasteiger partial charge is 0.497 e. The van der Waals surface area contributed by atoms with Gasteiger partial charge in [-0.2, -0.15) is 0 Å². The molecular formula is C30H37ClN2O4S. The van der Waals surface area contributed by atoms with Crippen molar-refractivity contribution in [3.63, 3.8) is 0 Å². The molecule has 1 aliphatic heterocycles. The summed E-state index contributed by atoms with van der Waals surface area (Å²) in [6, 6.07) is 14.0. The Morgan fingerprint density at radius 3 is 2.47 bits per heavy atom. The molecule has 0 amide bonds. The number of methoxy groups -OCH3 is 2. The second-order valence-corrected chi connectivity index (χ2v) is 11.7. The van der Waals surface area contributed by atoms with Gasteiger partial charge in [-0.3, -0.25) is 9.78 Å². The van der Waals surface area contributed by atoms with Crippen molar-refractivity contribution in [2.45, 2.75) is 49.8 Å². The highest BCUT2D eigenvalue weighted by Crippen LogP contribution is 2.41. The van der Waals surface area contributed by atoms with Gasteiger partial charge in [0.25, 0.3) is 0 Å². The van der Waals surface area contributed by atoms with Crippen LogP contribution in [0.3, 0.4) is 0 Å². The number of piperidine rings is 1. The van der Waals surface area contributed by atoms with Crippen LogP contribution < -0.4 is 9.47 Å². The Labute approximate surface area is 234 Å². The lowest BCUT2D eigenvalue weighted by molar-refractivity contribution is -0.140. The van der Waals surface area contributed by atoms with Gasteiger partial charge in [-0.1, -0.05) is 11.6 Å². The van der Waals surface area contributed by atoms with Gasteiger partial charge in [0.2, 0.25) is 0 Å². The number of thioether (sulfide) groups is 1. The van der Waals surface area contributed by atoms with Crippen LogP contribution in [0.15, 0.2) is 53.6 Å². The van der Waals surface area contributed by atoms with E-state index >= 15 is 0 Å². The third-order valence-electron chi connectivity index (χ3n) is 7.66. The van der Waals surface area contributed by atoms with Gasteiger partial charge in [0.1, 0.15) is 11.5 Å². The highest BCUT2D eigenvalue weighted by atomic mass is 35.5. The number of aryl methyl sites for hydroxylation is 1. The molecule has 0 atom stereocenters. The van der Waals surface area contributed by atoms with Gasteiger partial charge < -0.3 is 19.5 Å². The SMILES string of the molecule is COc1ccc(SCCCN2CCC(CCCc3c(Cl)cnc4ccc(OC)cc34)(CC(=O)O)CC2)cc1. The van der Waals surface area contributed by atoms with E-state index in [0.29, 0.717) is 5.02 Å². The number of ether oxygens (including phenoxy) is 2. The minimum atomic E-state index is -0.702. The smallest absolute Gasteiger partial charge is 0.303 e. The zero-order valence-corrected chi connectivity index (χ0v) is 23.8. The highest BCUT2D eigenvalue weighted by molar-refractivity contribution is 7.99. The Hall–Kier alpha value is -2.48. The number of carbonyl (C=O) groups is 1. The fourth-order valence-corrected chi connectivity index (χ4v) is 6.54. The number of fused-ring (bicyclic) bond motifs is 1. The van der Waals surface area contributed by atoms with Crippen molar-refractivity contribution >= 4 is 40.2 Å². The number of halogens is 1. The van der Waals surface area contributed by atoms with E-state index in [2.05, 4.69) is 22.0 Å². The minimum Gasteiger partial charge on any atom is -0.497 e. The monoisotopic (exact) mass is 556 g/mol. The molecule has 0 bridgehead atoms. The Morgan fingerprint density at radius 2 is 1.79 bits per heavy atom. The number of pyridine rings is 1. The topological polar surface area (TPSA) is 71.9 Å². The number of aromatic nitrogens is 1. The number of rotatable bonds is 13. The molecule has 3 aromatic rings. The Morgan fingerprint density at radius 1 is 1.08 bits per heavy atom. The van der Waals surface area contributed by atoms with E-state index < -0.39 is 5.97 Å². The molecule has 0 radical (unpaired) electrons. The summed E-state index contributed by atoms with van der Waals surface area (Å²) in [7, 11) is 3.34. The van der Waals surface area contributed by atoms with Crippen LogP contribution in [-0.4, -0.2) is 60.6 Å². The van der Waals surface area contributed by atoms with Gasteiger partial charge in [0, 0.05) is 16.5 Å². The van der Waals surface area contributed by atoms with Gasteiger partial charge in [-0.25, -0.2) is 0 Å². The standard InChI is InChI=1S/C30H37ClN2O4S/c1-36-22-6-9-24(10-7-22)38-18-4-15-33-16-13-30(14-17-33,20-29(34)35)12-3-5-25-26-19-23(37-2)8-11-28(26)32-21-27(25)31/h6-11,19,21H,3-5,12-18,20H2,1-2H3,(H,34,35). The van der Waals surface area contributed by atoms with Crippen LogP contribution in [0.1, 0.15) is 44.1 Å². The van der Waals surface area contributed by atoms with Crippen LogP contribution >= 0.6 is 23.4 Å². The zero-order valence-electron chi connectivity index (χ0n) is 22.2. The predicted octanol–water partition coefficient (Wildman–Crippen LogP) is 6.97. The first-order valence-electron chi connectivity index (χ1n) is 13.2. The number of carboxylic acid groups (broad SMARTS) is 1. The molecular weight excluding hydrogens is 520 g/mol. The van der Waals surface area contributed by atoms with E-state index in [1.165, 1.54) is 4.90 Å². The molecule has 1 aliphatic rings. The summed E-state index contributed by atoms with van der Waals surface area (Å²) in [6.45, 7) is 2.96. The van der Waals surface area contributed by atoms with Crippen molar-refractivity contribution in [2.75, 3.05) is 39.6 Å². The van der Waals surface area contributed by atoms with Crippen LogP contribution in [-0.2, 0) is 11.2 Å². The maximum Gasteiger partial charge on any atom is 0.303 e. The molecule has 1 N–H and O–H groups in total. The molecule has 0 saturated carbocycles. The maximum atomic E-state index is 11.8. The third-order valence-corrected chi connectivity index (χ3v) is 9.08. The van der Waals surface area contributed by atoms with Crippen LogP contribution in [0.5, 0.6) is 11.5 Å². The molecule has 0 unspecified atom stereocenters. The summed E-state index contributed by atoms with van der Waals surface area (Å²) in [4.78, 5) is 20.0. The lowest BCUT2D eigenvalue weighted by Gasteiger charge is -2.41. The molecule has 6 nitrogen and oxygen atoms in total. The molecule has 2 aromatic carbocycles. The number of likely N-dealkylation sites (tertiary alicyclic amines) is 1. The quantitative estimate of drug-likeness (QED) is 0.180. The molecule has 1 saturated heterocycles. The summed E-state index contributed by atoms with van der Waals surface area (Å²) < 4.78 is 10.6. The highest BCUT2D eigenvalue weighted by Gasteiger charge is 2.36. The Bertz CT molecular complexity index is 1210. The van der Waals surface area contributed by atoms with Gasteiger partial charge in [-0.15, -0.1) is 11.8 Å². The molecule has 0 aliphatic carbocycles. The van der Waals surface area contributed by atoms with Crippen LogP contribution in [0, 0.1) is 5.41 Å². The van der Waals surface area contributed by atoms with E-state index in [0.717, 1.165) is 91.9 Å². The normalized spacial score (nSPS) is 15.4. The van der Waals surface area contributed by atoms with Crippen molar-refractivity contribution in [1.82, 2.24) is 9.88 Å². The first-order valence-corrected chi connectivity index (χ1v) is 14.6. The second-order valence-electron chi connectivity index (χ2n) is 10.1. The minimum absolute atomic E-state index is 0.160. The van der Waals surface area contributed by atoms with Gasteiger partial charge in [0.15, 0.2) is 0 Å². The summed E-state index contributed by atoms with van der Waals surface area (Å²) in [6.07, 6.45) is 7.45. The molecule has 1 fully saturated rings. The van der Waals surface area contributed by atoms with Crippen LogP contribution in [0.2, 0.25) is 5.02 Å². The van der Waals surface area contributed by atoms with E-state index in [4.69, 9.17) is 21.1 Å². The van der Waals surface area contributed by atoms with Crippen molar-refractivity contribution in [1.29, 1.82) is 0 Å². The summed E-state index contributed by atoms with van der Waals surface area (Å²) in [5, 5.41) is 11.4. The number of hydrogen-bond acceptors (Lipinski definition) is 6. The van der Waals surface area contributed by atoms with Gasteiger partial charge >= 0.3 is 5.97 Å². The lowest BCUT2D eigenvalue weighted by Crippen LogP contribution is -2.41. The summed E-state index contributed by atoms with van der Waals surface area (Å²) in [5.41, 5.74) is 1.80.